The molecule has 1 atom stereocenters. The number of carbonyl (C=O) groups excluding carboxylic acids is 1. The first-order valence-corrected chi connectivity index (χ1v) is 8.47. The number of nitrogens with zero attached hydrogens (tertiary/aromatic N) is 1. The molecule has 0 bridgehead atoms. The van der Waals surface area contributed by atoms with E-state index in [1.807, 2.05) is 11.0 Å². The van der Waals surface area contributed by atoms with Gasteiger partial charge in [0.15, 0.2) is 0 Å². The Morgan fingerprint density at radius 2 is 1.96 bits per heavy atom. The highest BCUT2D eigenvalue weighted by Crippen LogP contribution is 2.29. The first-order chi connectivity index (χ1) is 11.2. The molecule has 1 unspecified atom stereocenters. The van der Waals surface area contributed by atoms with E-state index in [-0.39, 0.29) is 5.91 Å². The number of benzene rings is 1. The zero-order valence-electron chi connectivity index (χ0n) is 14.0. The fourth-order valence-corrected chi connectivity index (χ4v) is 3.76. The molecule has 0 saturated carbocycles. The number of likely N-dealkylation sites (tertiary alicyclic amines) is 1. The molecule has 0 aromatic heterocycles. The van der Waals surface area contributed by atoms with Crippen LogP contribution in [0.3, 0.4) is 0 Å². The molecular weight excluding hydrogens is 292 g/mol. The number of rotatable bonds is 4. The fraction of sp³-hybridized carbons (Fsp3) is 0.611. The number of hydrogen-bond acceptors (Lipinski definition) is 4. The van der Waals surface area contributed by atoms with Crippen LogP contribution in [-0.4, -0.2) is 50.7 Å². The van der Waals surface area contributed by atoms with Crippen LogP contribution >= 0.6 is 0 Å². The van der Waals surface area contributed by atoms with Crippen LogP contribution in [0.15, 0.2) is 18.2 Å². The van der Waals surface area contributed by atoms with E-state index in [1.165, 1.54) is 12.8 Å². The molecule has 1 aromatic rings. The van der Waals surface area contributed by atoms with Crippen LogP contribution in [0.2, 0.25) is 0 Å². The first-order valence-electron chi connectivity index (χ1n) is 8.47. The minimum Gasteiger partial charge on any atom is -0.497 e. The van der Waals surface area contributed by atoms with E-state index < -0.39 is 0 Å². The SMILES string of the molecule is COc1ccc(C(=O)N2CCC(C3CCCN3)CC2)c(OC)c1. The van der Waals surface area contributed by atoms with Gasteiger partial charge in [-0.2, -0.15) is 0 Å². The Hall–Kier alpha value is -1.75. The fourth-order valence-electron chi connectivity index (χ4n) is 3.76. The summed E-state index contributed by atoms with van der Waals surface area (Å²) >= 11 is 0. The zero-order chi connectivity index (χ0) is 16.2. The predicted molar refractivity (Wildman–Crippen MR) is 89.2 cm³/mol. The van der Waals surface area contributed by atoms with Crippen LogP contribution in [0.1, 0.15) is 36.0 Å². The van der Waals surface area contributed by atoms with Crippen molar-refractivity contribution in [1.29, 1.82) is 0 Å². The van der Waals surface area contributed by atoms with Crippen LogP contribution in [0.25, 0.3) is 0 Å². The summed E-state index contributed by atoms with van der Waals surface area (Å²) in [5.41, 5.74) is 0.616. The Bertz CT molecular complexity index is 547. The summed E-state index contributed by atoms with van der Waals surface area (Å²) in [5.74, 6) is 2.04. The van der Waals surface area contributed by atoms with Gasteiger partial charge in [0.05, 0.1) is 19.8 Å². The van der Waals surface area contributed by atoms with Gasteiger partial charge in [0, 0.05) is 25.2 Å². The van der Waals surface area contributed by atoms with Gasteiger partial charge in [-0.15, -0.1) is 0 Å². The molecular formula is C18H26N2O3. The molecule has 1 amide bonds. The maximum atomic E-state index is 12.8. The van der Waals surface area contributed by atoms with Gasteiger partial charge in [0.2, 0.25) is 0 Å². The van der Waals surface area contributed by atoms with E-state index >= 15 is 0 Å². The lowest BCUT2D eigenvalue weighted by molar-refractivity contribution is 0.0671. The van der Waals surface area contributed by atoms with Crippen molar-refractivity contribution in [2.75, 3.05) is 33.9 Å². The number of carbonyl (C=O) groups is 1. The largest absolute Gasteiger partial charge is 0.497 e. The minimum atomic E-state index is 0.0577. The van der Waals surface area contributed by atoms with Crippen LogP contribution in [0.4, 0.5) is 0 Å². The average molecular weight is 318 g/mol. The maximum absolute atomic E-state index is 12.8. The number of nitrogens with one attached hydrogen (secondary N) is 1. The topological polar surface area (TPSA) is 50.8 Å². The number of amides is 1. The summed E-state index contributed by atoms with van der Waals surface area (Å²) in [7, 11) is 3.20. The Morgan fingerprint density at radius 3 is 2.57 bits per heavy atom. The van der Waals surface area contributed by atoms with Crippen LogP contribution < -0.4 is 14.8 Å². The third-order valence-electron chi connectivity index (χ3n) is 5.13. The van der Waals surface area contributed by atoms with Gasteiger partial charge in [-0.25, -0.2) is 0 Å². The molecule has 2 fully saturated rings. The molecule has 5 heteroatoms. The molecule has 0 radical (unpaired) electrons. The van der Waals surface area contributed by atoms with Gasteiger partial charge in [0.1, 0.15) is 11.5 Å². The Labute approximate surface area is 137 Å². The van der Waals surface area contributed by atoms with E-state index in [2.05, 4.69) is 5.32 Å². The third kappa shape index (κ3) is 3.44. The summed E-state index contributed by atoms with van der Waals surface area (Å²) in [6.45, 7) is 2.81. The standard InChI is InChI=1S/C18H26N2O3/c1-22-14-5-6-15(17(12-14)23-2)18(21)20-10-7-13(8-11-20)16-4-3-9-19-16/h5-6,12-13,16,19H,3-4,7-11H2,1-2H3. The van der Waals surface area contributed by atoms with Gasteiger partial charge in [-0.3, -0.25) is 4.79 Å². The van der Waals surface area contributed by atoms with Crippen molar-refractivity contribution in [3.8, 4) is 11.5 Å². The van der Waals surface area contributed by atoms with Gasteiger partial charge in [-0.05, 0) is 50.3 Å². The highest BCUT2D eigenvalue weighted by molar-refractivity contribution is 5.97. The molecule has 3 rings (SSSR count). The number of piperidine rings is 1. The molecule has 1 N–H and O–H groups in total. The van der Waals surface area contributed by atoms with E-state index in [0.717, 1.165) is 32.5 Å². The van der Waals surface area contributed by atoms with Gasteiger partial charge in [0.25, 0.3) is 5.91 Å². The lowest BCUT2D eigenvalue weighted by atomic mass is 9.88. The zero-order valence-corrected chi connectivity index (χ0v) is 14.0. The first kappa shape index (κ1) is 16.1. The number of ether oxygens (including phenoxy) is 2. The Morgan fingerprint density at radius 1 is 1.17 bits per heavy atom. The molecule has 5 nitrogen and oxygen atoms in total. The molecule has 2 saturated heterocycles. The van der Waals surface area contributed by atoms with Gasteiger partial charge < -0.3 is 19.7 Å². The van der Waals surface area contributed by atoms with E-state index in [4.69, 9.17) is 9.47 Å². The molecule has 126 valence electrons. The molecule has 2 aliphatic heterocycles. The lowest BCUT2D eigenvalue weighted by Gasteiger charge is -2.35. The predicted octanol–water partition coefficient (Wildman–Crippen LogP) is 2.31. The monoisotopic (exact) mass is 318 g/mol. The summed E-state index contributed by atoms with van der Waals surface area (Å²) in [5, 5.41) is 3.60. The van der Waals surface area contributed by atoms with Crippen molar-refractivity contribution in [3.05, 3.63) is 23.8 Å². The molecule has 1 aromatic carbocycles. The smallest absolute Gasteiger partial charge is 0.257 e. The van der Waals surface area contributed by atoms with E-state index in [0.29, 0.717) is 29.0 Å². The van der Waals surface area contributed by atoms with E-state index in [9.17, 15) is 4.79 Å². The summed E-state index contributed by atoms with van der Waals surface area (Å²) in [6.07, 6.45) is 4.74. The molecule has 23 heavy (non-hydrogen) atoms. The summed E-state index contributed by atoms with van der Waals surface area (Å²) < 4.78 is 10.6. The van der Waals surface area contributed by atoms with Crippen molar-refractivity contribution in [2.24, 2.45) is 5.92 Å². The minimum absolute atomic E-state index is 0.0577. The lowest BCUT2D eigenvalue weighted by Crippen LogP contribution is -2.43. The molecule has 0 aliphatic carbocycles. The van der Waals surface area contributed by atoms with Crippen molar-refractivity contribution in [1.82, 2.24) is 10.2 Å². The van der Waals surface area contributed by atoms with Crippen molar-refractivity contribution in [3.63, 3.8) is 0 Å². The second kappa shape index (κ2) is 7.21. The quantitative estimate of drug-likeness (QED) is 0.925. The third-order valence-corrected chi connectivity index (χ3v) is 5.13. The van der Waals surface area contributed by atoms with Gasteiger partial charge >= 0.3 is 0 Å². The maximum Gasteiger partial charge on any atom is 0.257 e. The van der Waals surface area contributed by atoms with Crippen molar-refractivity contribution >= 4 is 5.91 Å². The molecule has 2 heterocycles. The Balaban J connectivity index is 1.65. The van der Waals surface area contributed by atoms with Gasteiger partial charge in [-0.1, -0.05) is 0 Å². The average Bonchev–Trinajstić information content (AvgIpc) is 3.15. The van der Waals surface area contributed by atoms with Crippen molar-refractivity contribution in [2.45, 2.75) is 31.7 Å². The normalized spacial score (nSPS) is 22.2. The highest BCUT2D eigenvalue weighted by Gasteiger charge is 2.30. The summed E-state index contributed by atoms with van der Waals surface area (Å²) in [4.78, 5) is 14.8. The molecule has 0 spiro atoms. The second-order valence-electron chi connectivity index (χ2n) is 6.40. The highest BCUT2D eigenvalue weighted by atomic mass is 16.5. The van der Waals surface area contributed by atoms with E-state index in [1.54, 1.807) is 26.4 Å². The number of methoxy groups -OCH3 is 2. The van der Waals surface area contributed by atoms with Crippen LogP contribution in [0.5, 0.6) is 11.5 Å². The number of hydrogen-bond donors (Lipinski definition) is 1. The van der Waals surface area contributed by atoms with Crippen LogP contribution in [0, 0.1) is 5.92 Å². The Kier molecular flexibility index (Phi) is 5.06. The van der Waals surface area contributed by atoms with Crippen molar-refractivity contribution < 1.29 is 14.3 Å². The van der Waals surface area contributed by atoms with Crippen LogP contribution in [-0.2, 0) is 0 Å². The summed E-state index contributed by atoms with van der Waals surface area (Å²) in [6, 6.07) is 6.03. The molecule has 2 aliphatic rings. The second-order valence-corrected chi connectivity index (χ2v) is 6.40.